The molecule has 4 nitrogen and oxygen atoms in total. The molecule has 1 aliphatic rings. The van der Waals surface area contributed by atoms with Crippen molar-refractivity contribution >= 4 is 28.6 Å². The Morgan fingerprint density at radius 2 is 2.40 bits per heavy atom. The number of rotatable bonds is 4. The van der Waals surface area contributed by atoms with E-state index in [4.69, 9.17) is 9.47 Å². The van der Waals surface area contributed by atoms with Gasteiger partial charge in [-0.3, -0.25) is 0 Å². The molecular weight excluding hydrogens is 294 g/mol. The van der Waals surface area contributed by atoms with Crippen molar-refractivity contribution in [3.8, 4) is 9.88 Å². The summed E-state index contributed by atoms with van der Waals surface area (Å²) in [6, 6.07) is 3.97. The first-order valence-corrected chi connectivity index (χ1v) is 8.37. The van der Waals surface area contributed by atoms with Gasteiger partial charge in [0.2, 0.25) is 0 Å². The highest BCUT2D eigenvalue weighted by molar-refractivity contribution is 7.20. The molecule has 2 aromatic heterocycles. The molecule has 3 heterocycles. The third kappa shape index (κ3) is 3.26. The predicted molar refractivity (Wildman–Crippen MR) is 79.3 cm³/mol. The smallest absolute Gasteiger partial charge is 0.357 e. The normalized spacial score (nSPS) is 18.9. The quantitative estimate of drug-likeness (QED) is 0.810. The molecule has 0 bridgehead atoms. The number of hydrogen-bond donors (Lipinski definition) is 0. The third-order valence-corrected chi connectivity index (χ3v) is 5.00. The first-order valence-electron chi connectivity index (χ1n) is 6.61. The summed E-state index contributed by atoms with van der Waals surface area (Å²) in [7, 11) is 0. The fraction of sp³-hybridized carbons (Fsp3) is 0.429. The Labute approximate surface area is 125 Å². The highest BCUT2D eigenvalue weighted by atomic mass is 32.1. The summed E-state index contributed by atoms with van der Waals surface area (Å²) in [6.07, 6.45) is 3.25. The van der Waals surface area contributed by atoms with Gasteiger partial charge in [0.1, 0.15) is 11.6 Å². The van der Waals surface area contributed by atoms with E-state index in [9.17, 15) is 4.79 Å². The molecule has 3 rings (SSSR count). The van der Waals surface area contributed by atoms with Crippen LogP contribution in [-0.4, -0.2) is 30.3 Å². The van der Waals surface area contributed by atoms with Crippen molar-refractivity contribution in [2.45, 2.75) is 25.4 Å². The number of thiophene rings is 1. The summed E-state index contributed by atoms with van der Waals surface area (Å²) in [5.74, 6) is -0.363. The Bertz CT molecular complexity index is 559. The van der Waals surface area contributed by atoms with Gasteiger partial charge in [-0.15, -0.1) is 22.7 Å². The van der Waals surface area contributed by atoms with Crippen LogP contribution in [0.15, 0.2) is 22.9 Å². The van der Waals surface area contributed by atoms with Gasteiger partial charge in [0.05, 0.1) is 11.0 Å². The van der Waals surface area contributed by atoms with Gasteiger partial charge >= 0.3 is 5.97 Å². The molecule has 20 heavy (non-hydrogen) atoms. The topological polar surface area (TPSA) is 48.4 Å². The first-order chi connectivity index (χ1) is 9.83. The van der Waals surface area contributed by atoms with E-state index >= 15 is 0 Å². The van der Waals surface area contributed by atoms with Crippen LogP contribution >= 0.6 is 22.7 Å². The zero-order valence-electron chi connectivity index (χ0n) is 10.9. The Morgan fingerprint density at radius 1 is 1.45 bits per heavy atom. The molecule has 1 unspecified atom stereocenters. The van der Waals surface area contributed by atoms with Gasteiger partial charge in [0.25, 0.3) is 0 Å². The van der Waals surface area contributed by atoms with Crippen molar-refractivity contribution < 1.29 is 14.3 Å². The number of carbonyl (C=O) groups excluding carboxylic acids is 1. The average Bonchev–Trinajstić information content (AvgIpc) is 3.16. The van der Waals surface area contributed by atoms with E-state index in [1.165, 1.54) is 11.3 Å². The monoisotopic (exact) mass is 309 g/mol. The number of aromatic nitrogens is 1. The van der Waals surface area contributed by atoms with Gasteiger partial charge in [0, 0.05) is 12.0 Å². The SMILES string of the molecule is O=C(OCC1CCCCO1)c1csc(-c2cccs2)n1. The maximum absolute atomic E-state index is 11.9. The summed E-state index contributed by atoms with van der Waals surface area (Å²) in [6.45, 7) is 1.09. The summed E-state index contributed by atoms with van der Waals surface area (Å²) in [4.78, 5) is 17.3. The van der Waals surface area contributed by atoms with Crippen LogP contribution in [0.2, 0.25) is 0 Å². The molecule has 1 fully saturated rings. The number of esters is 1. The van der Waals surface area contributed by atoms with Crippen molar-refractivity contribution in [2.24, 2.45) is 0 Å². The molecule has 1 atom stereocenters. The number of carbonyl (C=O) groups is 1. The number of ether oxygens (including phenoxy) is 2. The first kappa shape index (κ1) is 13.7. The summed E-state index contributed by atoms with van der Waals surface area (Å²) >= 11 is 3.08. The van der Waals surface area contributed by atoms with Gasteiger partial charge in [0.15, 0.2) is 5.69 Å². The van der Waals surface area contributed by atoms with E-state index in [1.807, 2.05) is 17.5 Å². The molecule has 0 saturated carbocycles. The Hall–Kier alpha value is -1.24. The van der Waals surface area contributed by atoms with E-state index in [0.717, 1.165) is 35.8 Å². The molecule has 0 N–H and O–H groups in total. The predicted octanol–water partition coefficient (Wildman–Crippen LogP) is 3.60. The molecule has 0 amide bonds. The van der Waals surface area contributed by atoms with Gasteiger partial charge in [-0.2, -0.15) is 0 Å². The van der Waals surface area contributed by atoms with Crippen molar-refractivity contribution in [3.63, 3.8) is 0 Å². The van der Waals surface area contributed by atoms with E-state index in [1.54, 1.807) is 16.7 Å². The number of nitrogens with zero attached hydrogens (tertiary/aromatic N) is 1. The average molecular weight is 309 g/mol. The fourth-order valence-corrected chi connectivity index (χ4v) is 3.67. The minimum Gasteiger partial charge on any atom is -0.458 e. The zero-order chi connectivity index (χ0) is 13.8. The molecule has 0 aromatic carbocycles. The van der Waals surface area contributed by atoms with Crippen molar-refractivity contribution in [3.05, 3.63) is 28.6 Å². The fourth-order valence-electron chi connectivity index (χ4n) is 2.06. The third-order valence-electron chi connectivity index (χ3n) is 3.12. The standard InChI is InChI=1S/C14H15NO3S2/c16-14(18-8-10-4-1-2-6-17-10)11-9-20-13(15-11)12-5-3-7-19-12/h3,5,7,9-10H,1-2,4,6,8H2. The van der Waals surface area contributed by atoms with Gasteiger partial charge in [-0.05, 0) is 30.7 Å². The van der Waals surface area contributed by atoms with Crippen LogP contribution in [0.25, 0.3) is 9.88 Å². The lowest BCUT2D eigenvalue weighted by Crippen LogP contribution is -2.26. The van der Waals surface area contributed by atoms with Crippen LogP contribution in [0.4, 0.5) is 0 Å². The largest absolute Gasteiger partial charge is 0.458 e. The molecule has 106 valence electrons. The van der Waals surface area contributed by atoms with Crippen LogP contribution in [0.5, 0.6) is 0 Å². The molecule has 1 saturated heterocycles. The van der Waals surface area contributed by atoms with Crippen LogP contribution in [0.1, 0.15) is 29.8 Å². The van der Waals surface area contributed by atoms with Crippen LogP contribution in [-0.2, 0) is 9.47 Å². The van der Waals surface area contributed by atoms with E-state index in [0.29, 0.717) is 12.3 Å². The van der Waals surface area contributed by atoms with E-state index < -0.39 is 0 Å². The molecule has 1 aliphatic heterocycles. The maximum atomic E-state index is 11.9. The molecule has 6 heteroatoms. The second kappa shape index (κ2) is 6.47. The van der Waals surface area contributed by atoms with E-state index in [-0.39, 0.29) is 12.1 Å². The highest BCUT2D eigenvalue weighted by Gasteiger charge is 2.18. The molecular formula is C14H15NO3S2. The number of thiazole rings is 1. The maximum Gasteiger partial charge on any atom is 0.357 e. The van der Waals surface area contributed by atoms with Crippen LogP contribution in [0.3, 0.4) is 0 Å². The van der Waals surface area contributed by atoms with Crippen LogP contribution in [0, 0.1) is 0 Å². The highest BCUT2D eigenvalue weighted by Crippen LogP contribution is 2.28. The molecule has 2 aromatic rings. The van der Waals surface area contributed by atoms with Crippen molar-refractivity contribution in [1.82, 2.24) is 4.98 Å². The lowest BCUT2D eigenvalue weighted by Gasteiger charge is -2.21. The second-order valence-corrected chi connectivity index (χ2v) is 6.41. The van der Waals surface area contributed by atoms with Gasteiger partial charge in [-0.25, -0.2) is 9.78 Å². The molecule has 0 aliphatic carbocycles. The Balaban J connectivity index is 1.57. The van der Waals surface area contributed by atoms with Crippen molar-refractivity contribution in [1.29, 1.82) is 0 Å². The summed E-state index contributed by atoms with van der Waals surface area (Å²) in [5, 5.41) is 4.61. The Kier molecular flexibility index (Phi) is 4.44. The minimum atomic E-state index is -0.363. The Morgan fingerprint density at radius 3 is 3.15 bits per heavy atom. The summed E-state index contributed by atoms with van der Waals surface area (Å²) in [5.41, 5.74) is 0.384. The van der Waals surface area contributed by atoms with Gasteiger partial charge in [-0.1, -0.05) is 6.07 Å². The summed E-state index contributed by atoms with van der Waals surface area (Å²) < 4.78 is 10.8. The molecule has 0 radical (unpaired) electrons. The number of hydrogen-bond acceptors (Lipinski definition) is 6. The van der Waals surface area contributed by atoms with Crippen LogP contribution < -0.4 is 0 Å². The minimum absolute atomic E-state index is 0.0445. The van der Waals surface area contributed by atoms with Gasteiger partial charge < -0.3 is 9.47 Å². The van der Waals surface area contributed by atoms with E-state index in [2.05, 4.69) is 4.98 Å². The lowest BCUT2D eigenvalue weighted by atomic mass is 10.1. The van der Waals surface area contributed by atoms with Crippen molar-refractivity contribution in [2.75, 3.05) is 13.2 Å². The molecule has 0 spiro atoms. The second-order valence-electron chi connectivity index (χ2n) is 4.60. The lowest BCUT2D eigenvalue weighted by molar-refractivity contribution is -0.0302. The zero-order valence-corrected chi connectivity index (χ0v) is 12.5.